The molecular weight excluding hydrogens is 292 g/mol. The van der Waals surface area contributed by atoms with Gasteiger partial charge in [0.15, 0.2) is 9.84 Å². The molecule has 1 unspecified atom stereocenters. The first-order chi connectivity index (χ1) is 9.91. The molecular formula is C14H16N2O4S. The van der Waals surface area contributed by atoms with Crippen LogP contribution in [-0.4, -0.2) is 48.5 Å². The zero-order valence-corrected chi connectivity index (χ0v) is 12.2. The molecule has 0 saturated carbocycles. The van der Waals surface area contributed by atoms with Gasteiger partial charge in [0.2, 0.25) is 0 Å². The van der Waals surface area contributed by atoms with Gasteiger partial charge in [0.05, 0.1) is 29.6 Å². The second-order valence-corrected chi connectivity index (χ2v) is 7.33. The van der Waals surface area contributed by atoms with Gasteiger partial charge in [-0.2, -0.15) is 5.26 Å². The first-order valence-corrected chi connectivity index (χ1v) is 8.37. The minimum atomic E-state index is -3.19. The van der Waals surface area contributed by atoms with E-state index in [2.05, 4.69) is 6.07 Å². The summed E-state index contributed by atoms with van der Waals surface area (Å²) in [4.78, 5) is 12.8. The van der Waals surface area contributed by atoms with Crippen LogP contribution in [0.1, 0.15) is 17.5 Å². The van der Waals surface area contributed by atoms with Gasteiger partial charge in [0.1, 0.15) is 0 Å². The van der Waals surface area contributed by atoms with Crippen LogP contribution in [0.2, 0.25) is 0 Å². The molecule has 0 amide bonds. The number of carboxylic acids is 1. The van der Waals surface area contributed by atoms with Crippen molar-refractivity contribution in [1.82, 2.24) is 4.90 Å². The number of hydrogen-bond donors (Lipinski definition) is 1. The summed E-state index contributed by atoms with van der Waals surface area (Å²) in [5.74, 6) is -1.14. The maximum absolute atomic E-state index is 11.7. The van der Waals surface area contributed by atoms with E-state index in [9.17, 15) is 13.2 Å². The molecule has 0 spiro atoms. The highest BCUT2D eigenvalue weighted by Crippen LogP contribution is 2.19. The summed E-state index contributed by atoms with van der Waals surface area (Å²) in [5, 5.41) is 18.0. The number of sulfone groups is 1. The van der Waals surface area contributed by atoms with Gasteiger partial charge in [-0.05, 0) is 11.6 Å². The molecule has 1 atom stereocenters. The summed E-state index contributed by atoms with van der Waals surface area (Å²) in [6, 6.07) is 8.62. The highest BCUT2D eigenvalue weighted by atomic mass is 32.2. The van der Waals surface area contributed by atoms with E-state index >= 15 is 0 Å². The van der Waals surface area contributed by atoms with Gasteiger partial charge in [-0.3, -0.25) is 9.69 Å². The Kier molecular flexibility index (Phi) is 4.60. The molecule has 0 aliphatic carbocycles. The summed E-state index contributed by atoms with van der Waals surface area (Å²) in [6.45, 7) is 0.678. The van der Waals surface area contributed by atoms with Crippen molar-refractivity contribution in [1.29, 1.82) is 5.26 Å². The largest absolute Gasteiger partial charge is 0.481 e. The Hall–Kier alpha value is -1.91. The van der Waals surface area contributed by atoms with E-state index in [0.29, 0.717) is 18.7 Å². The SMILES string of the molecule is N#Cc1ccccc1CN1CCS(=O)(=O)CC1CC(=O)O. The molecule has 1 aliphatic heterocycles. The van der Waals surface area contributed by atoms with Crippen LogP contribution in [0.25, 0.3) is 0 Å². The van der Waals surface area contributed by atoms with E-state index in [-0.39, 0.29) is 17.9 Å². The van der Waals surface area contributed by atoms with Crippen LogP contribution in [0, 0.1) is 11.3 Å². The van der Waals surface area contributed by atoms with Crippen molar-refractivity contribution in [2.75, 3.05) is 18.1 Å². The minimum Gasteiger partial charge on any atom is -0.481 e. The molecule has 1 N–H and O–H groups in total. The topological polar surface area (TPSA) is 98.5 Å². The summed E-state index contributed by atoms with van der Waals surface area (Å²) in [6.07, 6.45) is -0.214. The second-order valence-electron chi connectivity index (χ2n) is 5.11. The summed E-state index contributed by atoms with van der Waals surface area (Å²) >= 11 is 0. The molecule has 0 aromatic heterocycles. The van der Waals surface area contributed by atoms with Crippen LogP contribution < -0.4 is 0 Å². The van der Waals surface area contributed by atoms with Crippen molar-refractivity contribution in [2.24, 2.45) is 0 Å². The summed E-state index contributed by atoms with van der Waals surface area (Å²) in [7, 11) is -3.19. The number of rotatable bonds is 4. The third-order valence-electron chi connectivity index (χ3n) is 3.57. The number of aliphatic carboxylic acids is 1. The zero-order chi connectivity index (χ0) is 15.5. The third kappa shape index (κ3) is 4.03. The maximum atomic E-state index is 11.7. The van der Waals surface area contributed by atoms with Gasteiger partial charge in [0.25, 0.3) is 0 Å². The molecule has 1 heterocycles. The number of nitrogens with zero attached hydrogens (tertiary/aromatic N) is 2. The Bertz CT molecular complexity index is 678. The van der Waals surface area contributed by atoms with Crippen molar-refractivity contribution in [3.8, 4) is 6.07 Å². The van der Waals surface area contributed by atoms with Crippen LogP contribution in [-0.2, 0) is 21.2 Å². The predicted molar refractivity (Wildman–Crippen MR) is 76.3 cm³/mol. The summed E-state index contributed by atoms with van der Waals surface area (Å²) < 4.78 is 23.4. The van der Waals surface area contributed by atoms with Crippen molar-refractivity contribution in [3.63, 3.8) is 0 Å². The van der Waals surface area contributed by atoms with E-state index < -0.39 is 21.8 Å². The highest BCUT2D eigenvalue weighted by Gasteiger charge is 2.32. The molecule has 112 valence electrons. The van der Waals surface area contributed by atoms with Gasteiger partial charge in [-0.15, -0.1) is 0 Å². The molecule has 0 bridgehead atoms. The van der Waals surface area contributed by atoms with Crippen LogP contribution >= 0.6 is 0 Å². The van der Waals surface area contributed by atoms with E-state index in [0.717, 1.165) is 5.56 Å². The lowest BCUT2D eigenvalue weighted by Crippen LogP contribution is -2.48. The fourth-order valence-corrected chi connectivity index (χ4v) is 4.10. The van der Waals surface area contributed by atoms with E-state index in [1.54, 1.807) is 18.2 Å². The van der Waals surface area contributed by atoms with Crippen molar-refractivity contribution < 1.29 is 18.3 Å². The monoisotopic (exact) mass is 308 g/mol. The molecule has 1 aromatic carbocycles. The quantitative estimate of drug-likeness (QED) is 0.876. The number of benzene rings is 1. The minimum absolute atomic E-state index is 0.0256. The molecule has 1 saturated heterocycles. The van der Waals surface area contributed by atoms with Gasteiger partial charge in [-0.25, -0.2) is 8.42 Å². The molecule has 0 radical (unpaired) electrons. The normalized spacial score (nSPS) is 21.6. The Morgan fingerprint density at radius 3 is 2.81 bits per heavy atom. The average molecular weight is 308 g/mol. The number of carboxylic acid groups (broad SMARTS) is 1. The van der Waals surface area contributed by atoms with Gasteiger partial charge in [-0.1, -0.05) is 18.2 Å². The predicted octanol–water partition coefficient (Wildman–Crippen LogP) is 0.632. The molecule has 7 heteroatoms. The Morgan fingerprint density at radius 1 is 1.43 bits per heavy atom. The molecule has 2 rings (SSSR count). The number of hydrogen-bond acceptors (Lipinski definition) is 5. The first kappa shape index (κ1) is 15.5. The van der Waals surface area contributed by atoms with E-state index in [1.165, 1.54) is 0 Å². The van der Waals surface area contributed by atoms with Gasteiger partial charge in [0, 0.05) is 19.1 Å². The Balaban J connectivity index is 2.20. The van der Waals surface area contributed by atoms with E-state index in [1.807, 2.05) is 11.0 Å². The second kappa shape index (κ2) is 6.24. The Morgan fingerprint density at radius 2 is 2.14 bits per heavy atom. The molecule has 1 aromatic rings. The van der Waals surface area contributed by atoms with Crippen LogP contribution in [0.5, 0.6) is 0 Å². The standard InChI is InChI=1S/C14H16N2O4S/c15-8-11-3-1-2-4-12(11)9-16-5-6-21(19,20)10-13(16)7-14(17)18/h1-4,13H,5-7,9-10H2,(H,17,18). The van der Waals surface area contributed by atoms with Crippen LogP contribution in [0.3, 0.4) is 0 Å². The van der Waals surface area contributed by atoms with E-state index in [4.69, 9.17) is 10.4 Å². The van der Waals surface area contributed by atoms with Crippen molar-refractivity contribution >= 4 is 15.8 Å². The Labute approximate surface area is 123 Å². The summed E-state index contributed by atoms with van der Waals surface area (Å²) in [5.41, 5.74) is 1.31. The molecule has 6 nitrogen and oxygen atoms in total. The third-order valence-corrected chi connectivity index (χ3v) is 5.27. The average Bonchev–Trinajstić information content (AvgIpc) is 2.41. The molecule has 21 heavy (non-hydrogen) atoms. The lowest BCUT2D eigenvalue weighted by Gasteiger charge is -2.34. The lowest BCUT2D eigenvalue weighted by molar-refractivity contribution is -0.138. The highest BCUT2D eigenvalue weighted by molar-refractivity contribution is 7.91. The number of nitriles is 1. The maximum Gasteiger partial charge on any atom is 0.304 e. The molecule has 1 aliphatic rings. The fourth-order valence-electron chi connectivity index (χ4n) is 2.50. The number of carbonyl (C=O) groups is 1. The van der Waals surface area contributed by atoms with Crippen molar-refractivity contribution in [2.45, 2.75) is 19.0 Å². The first-order valence-electron chi connectivity index (χ1n) is 6.55. The van der Waals surface area contributed by atoms with Crippen LogP contribution in [0.4, 0.5) is 0 Å². The van der Waals surface area contributed by atoms with Gasteiger partial charge >= 0.3 is 5.97 Å². The van der Waals surface area contributed by atoms with Crippen LogP contribution in [0.15, 0.2) is 24.3 Å². The molecule has 1 fully saturated rings. The zero-order valence-electron chi connectivity index (χ0n) is 11.4. The fraction of sp³-hybridized carbons (Fsp3) is 0.429. The lowest BCUT2D eigenvalue weighted by atomic mass is 10.1. The smallest absolute Gasteiger partial charge is 0.304 e. The van der Waals surface area contributed by atoms with Crippen molar-refractivity contribution in [3.05, 3.63) is 35.4 Å². The van der Waals surface area contributed by atoms with Gasteiger partial charge < -0.3 is 5.11 Å².